The third-order valence-electron chi connectivity index (χ3n) is 6.50. The number of ether oxygens (including phenoxy) is 1. The number of fused-ring (bicyclic) bond motifs is 1. The number of hydrogen-bond acceptors (Lipinski definition) is 5. The van der Waals surface area contributed by atoms with Crippen molar-refractivity contribution in [2.75, 3.05) is 17.7 Å². The number of pyridine rings is 1. The van der Waals surface area contributed by atoms with Gasteiger partial charge in [0.05, 0.1) is 28.2 Å². The number of nitrogens with zero attached hydrogens (tertiary/aromatic N) is 3. The number of aromatic nitrogens is 3. The van der Waals surface area contributed by atoms with E-state index in [1.54, 1.807) is 29.1 Å². The van der Waals surface area contributed by atoms with Crippen molar-refractivity contribution >= 4 is 23.4 Å². The number of carbonyl (C=O) groups excluding carboxylic acids is 1. The van der Waals surface area contributed by atoms with E-state index in [1.807, 2.05) is 18.0 Å². The Morgan fingerprint density at radius 1 is 1.38 bits per heavy atom. The Balaban J connectivity index is 0.00000289. The van der Waals surface area contributed by atoms with Gasteiger partial charge in [-0.3, -0.25) is 9.36 Å². The first-order valence-corrected chi connectivity index (χ1v) is 12.4. The predicted molar refractivity (Wildman–Crippen MR) is 130 cm³/mol. The van der Waals surface area contributed by atoms with Gasteiger partial charge in [0.1, 0.15) is 24.9 Å². The van der Waals surface area contributed by atoms with Gasteiger partial charge in [0.2, 0.25) is 5.91 Å². The molecule has 1 saturated heterocycles. The highest BCUT2D eigenvalue weighted by atomic mass is 32.2. The van der Waals surface area contributed by atoms with Crippen molar-refractivity contribution in [2.45, 2.75) is 44.0 Å². The molecule has 1 amide bonds. The van der Waals surface area contributed by atoms with Crippen LogP contribution in [-0.4, -0.2) is 32.8 Å². The smallest absolute Gasteiger partial charge is 0.231 e. The van der Waals surface area contributed by atoms with Crippen LogP contribution in [0, 0.1) is 11.7 Å². The van der Waals surface area contributed by atoms with Gasteiger partial charge in [-0.2, -0.15) is 0 Å². The molecule has 3 unspecified atom stereocenters. The third-order valence-corrected chi connectivity index (χ3v) is 8.05. The van der Waals surface area contributed by atoms with Crippen LogP contribution in [-0.2, 0) is 16.0 Å². The van der Waals surface area contributed by atoms with Gasteiger partial charge in [-0.15, -0.1) is 11.8 Å². The number of alkyl halides is 1. The number of rotatable bonds is 5. The van der Waals surface area contributed by atoms with E-state index in [9.17, 15) is 13.6 Å². The highest BCUT2D eigenvalue weighted by Gasteiger charge is 2.34. The van der Waals surface area contributed by atoms with E-state index < -0.39 is 17.9 Å². The van der Waals surface area contributed by atoms with Crippen LogP contribution in [0.4, 0.5) is 14.5 Å². The summed E-state index contributed by atoms with van der Waals surface area (Å²) in [4.78, 5) is 21.5. The molecule has 4 heterocycles. The molecule has 0 saturated carbocycles. The second kappa shape index (κ2) is 9.02. The lowest BCUT2D eigenvalue weighted by Gasteiger charge is -2.25. The molecule has 0 spiro atoms. The van der Waals surface area contributed by atoms with Crippen LogP contribution in [0.5, 0.6) is 5.75 Å². The first-order chi connectivity index (χ1) is 16.3. The molecule has 1 aromatic carbocycles. The van der Waals surface area contributed by atoms with Gasteiger partial charge < -0.3 is 10.1 Å². The molecule has 0 aliphatic carbocycles. The summed E-state index contributed by atoms with van der Waals surface area (Å²) < 4.78 is 35.7. The molecule has 1 N–H and O–H groups in total. The Hall–Kier alpha value is -2.94. The summed E-state index contributed by atoms with van der Waals surface area (Å²) in [5.74, 6) is 0.566. The molecule has 3 atom stereocenters. The minimum atomic E-state index is -1.08. The summed E-state index contributed by atoms with van der Waals surface area (Å²) in [6.45, 7) is 3.80. The van der Waals surface area contributed by atoms with Crippen LogP contribution < -0.4 is 10.1 Å². The molecule has 0 bridgehead atoms. The molecular formula is C25H28F2N4O2S. The van der Waals surface area contributed by atoms with Gasteiger partial charge in [-0.05, 0) is 56.1 Å². The summed E-state index contributed by atoms with van der Waals surface area (Å²) in [6.07, 6.45) is 6.41. The Bertz CT molecular complexity index is 1230. The Labute approximate surface area is 202 Å². The summed E-state index contributed by atoms with van der Waals surface area (Å²) in [7, 11) is 0. The minimum Gasteiger partial charge on any atom is -0.492 e. The van der Waals surface area contributed by atoms with Crippen molar-refractivity contribution in [3.8, 4) is 11.6 Å². The van der Waals surface area contributed by atoms with Crippen molar-refractivity contribution in [2.24, 2.45) is 5.92 Å². The maximum absolute atomic E-state index is 14.9. The number of halogens is 2. The second-order valence-corrected chi connectivity index (χ2v) is 10.7. The fraction of sp³-hybridized carbons (Fsp3) is 0.400. The number of hydrogen-bond donors (Lipinski definition) is 1. The highest BCUT2D eigenvalue weighted by Crippen LogP contribution is 2.45. The van der Waals surface area contributed by atoms with E-state index in [1.165, 1.54) is 19.2 Å². The number of carbonyl (C=O) groups is 1. The second-order valence-electron chi connectivity index (χ2n) is 9.06. The van der Waals surface area contributed by atoms with E-state index in [2.05, 4.69) is 22.2 Å². The molecule has 180 valence electrons. The summed E-state index contributed by atoms with van der Waals surface area (Å²) in [5, 5.41) is 2.74. The van der Waals surface area contributed by atoms with Crippen LogP contribution in [0.3, 0.4) is 0 Å². The molecule has 2 aromatic heterocycles. The summed E-state index contributed by atoms with van der Waals surface area (Å²) in [6, 6.07) is 6.44. The standard InChI is InChI=1S/C25H26F2N4O2S.H2/c1-15(26)16-4-5-17-8-18(13-33-21(17)9-16)24(32)30-19-10-20(27)23(28-11-19)31-12-22(29-14-31)25(2)6-3-7-34-25;/h4-5,9-12,14-15,18H,3,6-8,13H2,1-2H3,(H,30,32);1H. The summed E-state index contributed by atoms with van der Waals surface area (Å²) in [5.41, 5.74) is 2.58. The first kappa shape index (κ1) is 22.8. The van der Waals surface area contributed by atoms with Crippen LogP contribution in [0.25, 0.3) is 5.82 Å². The van der Waals surface area contributed by atoms with Gasteiger partial charge in [-0.25, -0.2) is 18.7 Å². The Kier molecular flexibility index (Phi) is 6.06. The Morgan fingerprint density at radius 2 is 2.24 bits per heavy atom. The van der Waals surface area contributed by atoms with Crippen molar-refractivity contribution in [1.29, 1.82) is 0 Å². The van der Waals surface area contributed by atoms with E-state index in [4.69, 9.17) is 4.74 Å². The normalized spacial score (nSPS) is 22.6. The average Bonchev–Trinajstić information content (AvgIpc) is 3.49. The molecule has 6 nitrogen and oxygen atoms in total. The van der Waals surface area contributed by atoms with Gasteiger partial charge in [-0.1, -0.05) is 12.1 Å². The fourth-order valence-electron chi connectivity index (χ4n) is 4.43. The largest absolute Gasteiger partial charge is 0.492 e. The zero-order valence-electron chi connectivity index (χ0n) is 19.1. The Morgan fingerprint density at radius 3 is 2.97 bits per heavy atom. The quantitative estimate of drug-likeness (QED) is 0.507. The molecular weight excluding hydrogens is 458 g/mol. The van der Waals surface area contributed by atoms with Crippen molar-refractivity contribution < 1.29 is 19.7 Å². The van der Waals surface area contributed by atoms with Gasteiger partial charge in [0, 0.05) is 13.7 Å². The fourth-order valence-corrected chi connectivity index (χ4v) is 5.71. The number of nitrogens with one attached hydrogen (secondary N) is 1. The number of anilines is 1. The number of thioether (sulfide) groups is 1. The minimum absolute atomic E-state index is 0. The maximum atomic E-state index is 14.9. The van der Waals surface area contributed by atoms with Crippen LogP contribution in [0.2, 0.25) is 0 Å². The number of amides is 1. The zero-order chi connectivity index (χ0) is 23.9. The molecule has 3 aromatic rings. The van der Waals surface area contributed by atoms with Crippen LogP contribution in [0.1, 0.15) is 51.1 Å². The van der Waals surface area contributed by atoms with Gasteiger partial charge in [0.15, 0.2) is 11.6 Å². The molecule has 1 fully saturated rings. The molecule has 34 heavy (non-hydrogen) atoms. The first-order valence-electron chi connectivity index (χ1n) is 11.4. The van der Waals surface area contributed by atoms with Crippen LogP contribution in [0.15, 0.2) is 43.0 Å². The highest BCUT2D eigenvalue weighted by molar-refractivity contribution is 8.00. The molecule has 2 aliphatic heterocycles. The van der Waals surface area contributed by atoms with E-state index in [-0.39, 0.29) is 30.2 Å². The SMILES string of the molecule is CC(F)c1ccc2c(c1)OCC(C(=O)Nc1cnc(-n3cnc(C4(C)CCCS4)c3)c(F)c1)C2.[HH]. The van der Waals surface area contributed by atoms with Crippen molar-refractivity contribution in [3.63, 3.8) is 0 Å². The van der Waals surface area contributed by atoms with Crippen LogP contribution >= 0.6 is 11.8 Å². The molecule has 0 radical (unpaired) electrons. The topological polar surface area (TPSA) is 69.0 Å². The summed E-state index contributed by atoms with van der Waals surface area (Å²) >= 11 is 1.87. The number of imidazole rings is 1. The lowest BCUT2D eigenvalue weighted by molar-refractivity contribution is -0.121. The predicted octanol–water partition coefficient (Wildman–Crippen LogP) is 5.61. The number of benzene rings is 1. The zero-order valence-corrected chi connectivity index (χ0v) is 19.9. The van der Waals surface area contributed by atoms with E-state index >= 15 is 0 Å². The van der Waals surface area contributed by atoms with E-state index in [0.717, 1.165) is 29.9 Å². The van der Waals surface area contributed by atoms with Gasteiger partial charge in [0.25, 0.3) is 0 Å². The molecule has 5 rings (SSSR count). The molecule has 9 heteroatoms. The van der Waals surface area contributed by atoms with E-state index in [0.29, 0.717) is 17.7 Å². The lowest BCUT2D eigenvalue weighted by atomic mass is 9.94. The third kappa shape index (κ3) is 4.41. The van der Waals surface area contributed by atoms with Gasteiger partial charge >= 0.3 is 0 Å². The monoisotopic (exact) mass is 486 g/mol. The lowest BCUT2D eigenvalue weighted by Crippen LogP contribution is -2.32. The van der Waals surface area contributed by atoms with Crippen molar-refractivity contribution in [3.05, 3.63) is 65.6 Å². The maximum Gasteiger partial charge on any atom is 0.231 e. The van der Waals surface area contributed by atoms with Crippen molar-refractivity contribution in [1.82, 2.24) is 14.5 Å². The average molecular weight is 487 g/mol. The molecule has 2 aliphatic rings.